The van der Waals surface area contributed by atoms with Crippen LogP contribution >= 0.6 is 15.9 Å². The van der Waals surface area contributed by atoms with E-state index < -0.39 is 9.84 Å². The maximum Gasteiger partial charge on any atom is 0.153 e. The molecule has 0 aliphatic rings. The molecular weight excluding hydrogens is 316 g/mol. The summed E-state index contributed by atoms with van der Waals surface area (Å²) in [5.74, 6) is 1.03. The lowest BCUT2D eigenvalue weighted by Crippen LogP contribution is -2.16. The minimum Gasteiger partial charge on any atom is -0.492 e. The molecule has 0 spiro atoms. The SMILES string of the molecule is CCS(=O)(=O)CCOc1c(C)cc(CBr)cc1C. The van der Waals surface area contributed by atoms with Gasteiger partial charge in [-0.2, -0.15) is 0 Å². The molecule has 102 valence electrons. The summed E-state index contributed by atoms with van der Waals surface area (Å²) in [7, 11) is -2.96. The van der Waals surface area contributed by atoms with E-state index in [-0.39, 0.29) is 18.1 Å². The van der Waals surface area contributed by atoms with Crippen molar-refractivity contribution in [3.8, 4) is 5.75 Å². The van der Waals surface area contributed by atoms with Crippen LogP contribution in [0.3, 0.4) is 0 Å². The first kappa shape index (κ1) is 15.5. The van der Waals surface area contributed by atoms with E-state index in [4.69, 9.17) is 4.74 Å². The number of alkyl halides is 1. The van der Waals surface area contributed by atoms with Gasteiger partial charge in [0.05, 0.1) is 5.75 Å². The zero-order valence-electron chi connectivity index (χ0n) is 11.0. The van der Waals surface area contributed by atoms with Crippen molar-refractivity contribution in [3.05, 3.63) is 28.8 Å². The summed E-state index contributed by atoms with van der Waals surface area (Å²) in [6.07, 6.45) is 0. The molecule has 0 amide bonds. The van der Waals surface area contributed by atoms with Gasteiger partial charge in [-0.3, -0.25) is 0 Å². The highest BCUT2D eigenvalue weighted by Crippen LogP contribution is 2.25. The fourth-order valence-electron chi connectivity index (χ4n) is 1.76. The Labute approximate surface area is 118 Å². The molecular formula is C13H19BrO3S. The van der Waals surface area contributed by atoms with Gasteiger partial charge in [-0.05, 0) is 30.5 Å². The second-order valence-corrected chi connectivity index (χ2v) is 7.31. The van der Waals surface area contributed by atoms with Crippen LogP contribution in [0.2, 0.25) is 0 Å². The molecule has 3 nitrogen and oxygen atoms in total. The van der Waals surface area contributed by atoms with E-state index in [0.29, 0.717) is 0 Å². The molecule has 0 radical (unpaired) electrons. The Morgan fingerprint density at radius 1 is 1.22 bits per heavy atom. The Bertz CT molecular complexity index is 486. The number of rotatable bonds is 6. The fraction of sp³-hybridized carbons (Fsp3) is 0.538. The van der Waals surface area contributed by atoms with Crippen molar-refractivity contribution in [1.29, 1.82) is 0 Å². The first-order valence-corrected chi connectivity index (χ1v) is 8.83. The molecule has 0 saturated heterocycles. The summed E-state index contributed by atoms with van der Waals surface area (Å²) in [6.45, 7) is 5.81. The highest BCUT2D eigenvalue weighted by atomic mass is 79.9. The van der Waals surface area contributed by atoms with Crippen LogP contribution < -0.4 is 4.74 Å². The summed E-state index contributed by atoms with van der Waals surface area (Å²) in [5, 5.41) is 0.805. The van der Waals surface area contributed by atoms with Gasteiger partial charge in [0.1, 0.15) is 12.4 Å². The van der Waals surface area contributed by atoms with Crippen LogP contribution in [0.4, 0.5) is 0 Å². The maximum absolute atomic E-state index is 11.4. The third-order valence-electron chi connectivity index (χ3n) is 2.75. The Hall–Kier alpha value is -0.550. The van der Waals surface area contributed by atoms with Gasteiger partial charge in [0.25, 0.3) is 0 Å². The van der Waals surface area contributed by atoms with Crippen LogP contribution in [-0.2, 0) is 15.2 Å². The highest BCUT2D eigenvalue weighted by Gasteiger charge is 2.10. The summed E-state index contributed by atoms with van der Waals surface area (Å²) >= 11 is 3.42. The lowest BCUT2D eigenvalue weighted by molar-refractivity contribution is 0.336. The molecule has 0 atom stereocenters. The van der Waals surface area contributed by atoms with Gasteiger partial charge in [-0.15, -0.1) is 0 Å². The highest BCUT2D eigenvalue weighted by molar-refractivity contribution is 9.08. The van der Waals surface area contributed by atoms with Crippen LogP contribution in [0.5, 0.6) is 5.75 Å². The van der Waals surface area contributed by atoms with Crippen molar-refractivity contribution in [2.45, 2.75) is 26.1 Å². The van der Waals surface area contributed by atoms with Crippen LogP contribution in [-0.4, -0.2) is 26.5 Å². The van der Waals surface area contributed by atoms with Crippen LogP contribution in [0.15, 0.2) is 12.1 Å². The largest absolute Gasteiger partial charge is 0.492 e. The van der Waals surface area contributed by atoms with Crippen LogP contribution in [0.25, 0.3) is 0 Å². The smallest absolute Gasteiger partial charge is 0.153 e. The number of hydrogen-bond acceptors (Lipinski definition) is 3. The molecule has 0 fully saturated rings. The standard InChI is InChI=1S/C13H19BrO3S/c1-4-18(15,16)6-5-17-13-10(2)7-12(9-14)8-11(13)3/h7-8H,4-6,9H2,1-3H3. The summed E-state index contributed by atoms with van der Waals surface area (Å²) in [4.78, 5) is 0. The molecule has 1 aromatic carbocycles. The Balaban J connectivity index is 2.74. The van der Waals surface area contributed by atoms with Gasteiger partial charge in [0.15, 0.2) is 9.84 Å². The molecule has 0 aliphatic carbocycles. The predicted molar refractivity (Wildman–Crippen MR) is 78.4 cm³/mol. The fourth-order valence-corrected chi connectivity index (χ4v) is 2.71. The molecule has 0 heterocycles. The second kappa shape index (κ2) is 6.57. The van der Waals surface area contributed by atoms with Gasteiger partial charge in [-0.25, -0.2) is 8.42 Å². The van der Waals surface area contributed by atoms with E-state index in [0.717, 1.165) is 22.2 Å². The van der Waals surface area contributed by atoms with Crippen molar-refractivity contribution in [1.82, 2.24) is 0 Å². The topological polar surface area (TPSA) is 43.4 Å². The Kier molecular flexibility index (Phi) is 5.66. The number of hydrogen-bond donors (Lipinski definition) is 0. The molecule has 0 N–H and O–H groups in total. The Morgan fingerprint density at radius 3 is 2.22 bits per heavy atom. The van der Waals surface area contributed by atoms with E-state index in [9.17, 15) is 8.42 Å². The van der Waals surface area contributed by atoms with Crippen molar-refractivity contribution in [2.75, 3.05) is 18.1 Å². The molecule has 5 heteroatoms. The third kappa shape index (κ3) is 4.28. The number of aryl methyl sites for hydroxylation is 2. The predicted octanol–water partition coefficient (Wildman–Crippen LogP) is 3.01. The molecule has 0 saturated carbocycles. The third-order valence-corrected chi connectivity index (χ3v) is 5.07. The summed E-state index contributed by atoms with van der Waals surface area (Å²) in [5.41, 5.74) is 3.27. The maximum atomic E-state index is 11.4. The van der Waals surface area contributed by atoms with Crippen molar-refractivity contribution < 1.29 is 13.2 Å². The van der Waals surface area contributed by atoms with E-state index in [2.05, 4.69) is 15.9 Å². The molecule has 18 heavy (non-hydrogen) atoms. The molecule has 0 bridgehead atoms. The zero-order chi connectivity index (χ0) is 13.8. The second-order valence-electron chi connectivity index (χ2n) is 4.28. The van der Waals surface area contributed by atoms with Crippen molar-refractivity contribution in [3.63, 3.8) is 0 Å². The van der Waals surface area contributed by atoms with E-state index in [1.807, 2.05) is 26.0 Å². The van der Waals surface area contributed by atoms with Crippen molar-refractivity contribution in [2.24, 2.45) is 0 Å². The molecule has 1 aromatic rings. The zero-order valence-corrected chi connectivity index (χ0v) is 13.4. The van der Waals surface area contributed by atoms with E-state index in [1.54, 1.807) is 6.92 Å². The first-order chi connectivity index (χ1) is 8.39. The number of halogens is 1. The van der Waals surface area contributed by atoms with E-state index >= 15 is 0 Å². The molecule has 0 aliphatic heterocycles. The number of sulfone groups is 1. The van der Waals surface area contributed by atoms with E-state index in [1.165, 1.54) is 5.56 Å². The average molecular weight is 335 g/mol. The lowest BCUT2D eigenvalue weighted by atomic mass is 10.1. The Morgan fingerprint density at radius 2 is 1.78 bits per heavy atom. The van der Waals surface area contributed by atoms with Gasteiger partial charge >= 0.3 is 0 Å². The molecule has 1 rings (SSSR count). The first-order valence-electron chi connectivity index (χ1n) is 5.89. The minimum atomic E-state index is -2.96. The quantitative estimate of drug-likeness (QED) is 0.751. The normalized spacial score (nSPS) is 11.6. The summed E-state index contributed by atoms with van der Waals surface area (Å²) < 4.78 is 28.4. The van der Waals surface area contributed by atoms with Gasteiger partial charge in [0, 0.05) is 11.1 Å². The summed E-state index contributed by atoms with van der Waals surface area (Å²) in [6, 6.07) is 4.09. The molecule has 0 unspecified atom stereocenters. The van der Waals surface area contributed by atoms with Gasteiger partial charge in [-0.1, -0.05) is 35.0 Å². The molecule has 0 aromatic heterocycles. The van der Waals surface area contributed by atoms with Crippen LogP contribution in [0.1, 0.15) is 23.6 Å². The average Bonchev–Trinajstić information content (AvgIpc) is 2.32. The minimum absolute atomic E-state index is 0.0720. The van der Waals surface area contributed by atoms with Gasteiger partial charge in [0.2, 0.25) is 0 Å². The van der Waals surface area contributed by atoms with Crippen LogP contribution in [0, 0.1) is 13.8 Å². The van der Waals surface area contributed by atoms with Crippen molar-refractivity contribution >= 4 is 25.8 Å². The number of ether oxygens (including phenoxy) is 1. The van der Waals surface area contributed by atoms with Gasteiger partial charge < -0.3 is 4.74 Å². The number of benzene rings is 1. The lowest BCUT2D eigenvalue weighted by Gasteiger charge is -2.13. The monoisotopic (exact) mass is 334 g/mol.